The lowest BCUT2D eigenvalue weighted by molar-refractivity contribution is 1.37. The van der Waals surface area contributed by atoms with Crippen LogP contribution in [0.25, 0.3) is 22.2 Å². The summed E-state index contributed by atoms with van der Waals surface area (Å²) in [5.74, 6) is 0. The molecule has 0 N–H and O–H groups in total. The van der Waals surface area contributed by atoms with Crippen molar-refractivity contribution in [3.05, 3.63) is 41.1 Å². The molecule has 1 aliphatic carbocycles. The molecule has 2 heteroatoms. The second-order valence-corrected chi connectivity index (χ2v) is 4.38. The lowest BCUT2D eigenvalue weighted by Crippen LogP contribution is -1.71. The van der Waals surface area contributed by atoms with Crippen molar-refractivity contribution in [2.45, 2.75) is 20.3 Å². The molecule has 82 valence electrons. The molecule has 0 spiro atoms. The minimum absolute atomic E-state index is 1.04. The van der Waals surface area contributed by atoms with Crippen LogP contribution in [0.5, 0.6) is 0 Å². The van der Waals surface area contributed by atoms with Gasteiger partial charge in [0.1, 0.15) is 0 Å². The fraction of sp³-hybridized carbons (Fsp3) is 0.214. The number of pyridine rings is 1. The SMILES string of the molecule is C1=Cc2sc3cnccc3c2C=CC1.CC. The first-order chi connectivity index (χ1) is 7.95. The zero-order valence-corrected chi connectivity index (χ0v) is 10.4. The van der Waals surface area contributed by atoms with Gasteiger partial charge in [-0.25, -0.2) is 0 Å². The predicted molar refractivity (Wildman–Crippen MR) is 73.7 cm³/mol. The quantitative estimate of drug-likeness (QED) is 0.635. The summed E-state index contributed by atoms with van der Waals surface area (Å²) < 4.78 is 1.27. The van der Waals surface area contributed by atoms with Crippen LogP contribution in [0, 0.1) is 0 Å². The van der Waals surface area contributed by atoms with E-state index in [0.29, 0.717) is 0 Å². The first-order valence-corrected chi connectivity index (χ1v) is 6.46. The Bertz CT molecular complexity index is 535. The van der Waals surface area contributed by atoms with Crippen molar-refractivity contribution >= 4 is 33.6 Å². The first kappa shape index (κ1) is 11.1. The molecule has 0 aromatic carbocycles. The molecule has 0 saturated carbocycles. The fourth-order valence-corrected chi connectivity index (χ4v) is 2.82. The normalized spacial score (nSPS) is 12.9. The van der Waals surface area contributed by atoms with Crippen LogP contribution in [-0.4, -0.2) is 4.98 Å². The van der Waals surface area contributed by atoms with E-state index in [0.717, 1.165) is 6.42 Å². The van der Waals surface area contributed by atoms with E-state index in [2.05, 4.69) is 35.4 Å². The summed E-state index contributed by atoms with van der Waals surface area (Å²) in [4.78, 5) is 5.49. The van der Waals surface area contributed by atoms with Crippen LogP contribution < -0.4 is 0 Å². The van der Waals surface area contributed by atoms with Gasteiger partial charge in [-0.2, -0.15) is 0 Å². The van der Waals surface area contributed by atoms with Crippen LogP contribution in [0.2, 0.25) is 0 Å². The van der Waals surface area contributed by atoms with Gasteiger partial charge in [0.25, 0.3) is 0 Å². The van der Waals surface area contributed by atoms with Crippen molar-refractivity contribution in [3.8, 4) is 0 Å². The molecule has 1 nitrogen and oxygen atoms in total. The number of rotatable bonds is 0. The van der Waals surface area contributed by atoms with E-state index in [1.54, 1.807) is 0 Å². The molecular weight excluding hydrogens is 214 g/mol. The zero-order valence-electron chi connectivity index (χ0n) is 9.60. The largest absolute Gasteiger partial charge is 0.263 e. The van der Waals surface area contributed by atoms with E-state index in [9.17, 15) is 0 Å². The predicted octanol–water partition coefficient (Wildman–Crippen LogP) is 4.75. The second-order valence-electron chi connectivity index (χ2n) is 3.29. The van der Waals surface area contributed by atoms with Gasteiger partial charge in [0.2, 0.25) is 0 Å². The number of thiophene rings is 1. The standard InChI is InChI=1S/C12H9NS.C2H6/c1-2-4-9-10-6-7-13-8-12(10)14-11(9)5-3-1;1-2/h2-8H,1H2;1-2H3. The molecule has 0 saturated heterocycles. The van der Waals surface area contributed by atoms with Gasteiger partial charge in [0.15, 0.2) is 0 Å². The third-order valence-electron chi connectivity index (χ3n) is 2.39. The molecule has 0 bridgehead atoms. The Balaban J connectivity index is 0.000000457. The van der Waals surface area contributed by atoms with Crippen LogP contribution in [0.15, 0.2) is 30.6 Å². The highest BCUT2D eigenvalue weighted by atomic mass is 32.1. The average Bonchev–Trinajstić information content (AvgIpc) is 2.54. The summed E-state index contributed by atoms with van der Waals surface area (Å²) in [5, 5.41) is 1.32. The topological polar surface area (TPSA) is 12.9 Å². The zero-order chi connectivity index (χ0) is 11.4. The van der Waals surface area contributed by atoms with Gasteiger partial charge < -0.3 is 0 Å². The maximum atomic E-state index is 4.14. The number of nitrogens with zero attached hydrogens (tertiary/aromatic N) is 1. The number of fused-ring (bicyclic) bond motifs is 3. The molecule has 0 atom stereocenters. The molecule has 0 fully saturated rings. The van der Waals surface area contributed by atoms with Crippen molar-refractivity contribution in [2.24, 2.45) is 0 Å². The minimum atomic E-state index is 1.04. The van der Waals surface area contributed by atoms with Gasteiger partial charge in [-0.3, -0.25) is 4.98 Å². The van der Waals surface area contributed by atoms with Gasteiger partial charge >= 0.3 is 0 Å². The Morgan fingerprint density at radius 1 is 1.19 bits per heavy atom. The molecule has 2 aromatic rings. The molecule has 0 radical (unpaired) electrons. The van der Waals surface area contributed by atoms with E-state index in [1.807, 2.05) is 37.6 Å². The number of hydrogen-bond donors (Lipinski definition) is 0. The molecule has 0 amide bonds. The maximum absolute atomic E-state index is 4.14. The van der Waals surface area contributed by atoms with Crippen LogP contribution in [0.4, 0.5) is 0 Å². The highest BCUT2D eigenvalue weighted by Crippen LogP contribution is 2.33. The maximum Gasteiger partial charge on any atom is 0.0538 e. The molecule has 1 aliphatic rings. The van der Waals surface area contributed by atoms with Crippen LogP contribution in [-0.2, 0) is 0 Å². The Morgan fingerprint density at radius 3 is 2.88 bits per heavy atom. The summed E-state index contributed by atoms with van der Waals surface area (Å²) in [6, 6.07) is 2.09. The van der Waals surface area contributed by atoms with E-state index < -0.39 is 0 Å². The van der Waals surface area contributed by atoms with E-state index in [1.165, 1.54) is 20.5 Å². The van der Waals surface area contributed by atoms with Crippen molar-refractivity contribution in [1.29, 1.82) is 0 Å². The average molecular weight is 229 g/mol. The highest BCUT2D eigenvalue weighted by molar-refractivity contribution is 7.20. The summed E-state index contributed by atoms with van der Waals surface area (Å²) in [6.07, 6.45) is 13.7. The molecule has 16 heavy (non-hydrogen) atoms. The molecule has 0 aliphatic heterocycles. The van der Waals surface area contributed by atoms with Gasteiger partial charge in [-0.1, -0.05) is 32.1 Å². The molecular formula is C14H15NS. The third-order valence-corrected chi connectivity index (χ3v) is 3.51. The minimum Gasteiger partial charge on any atom is -0.263 e. The summed E-state index contributed by atoms with van der Waals surface area (Å²) >= 11 is 1.81. The number of allylic oxidation sites excluding steroid dienone is 2. The third kappa shape index (κ3) is 1.93. The Kier molecular flexibility index (Phi) is 3.52. The van der Waals surface area contributed by atoms with E-state index >= 15 is 0 Å². The summed E-state index contributed by atoms with van der Waals surface area (Å²) in [6.45, 7) is 4.00. The fourth-order valence-electron chi connectivity index (χ4n) is 1.73. The van der Waals surface area contributed by atoms with Crippen LogP contribution in [0.1, 0.15) is 30.7 Å². The Morgan fingerprint density at radius 2 is 2.00 bits per heavy atom. The van der Waals surface area contributed by atoms with Gasteiger partial charge in [-0.15, -0.1) is 11.3 Å². The Hall–Kier alpha value is -1.41. The Labute approximate surface area is 100 Å². The summed E-state index contributed by atoms with van der Waals surface area (Å²) in [7, 11) is 0. The summed E-state index contributed by atoms with van der Waals surface area (Å²) in [5.41, 5.74) is 1.35. The second kappa shape index (κ2) is 5.08. The van der Waals surface area contributed by atoms with Gasteiger partial charge in [0.05, 0.1) is 4.70 Å². The lowest BCUT2D eigenvalue weighted by atomic mass is 10.1. The van der Waals surface area contributed by atoms with Crippen molar-refractivity contribution in [2.75, 3.05) is 0 Å². The van der Waals surface area contributed by atoms with Crippen molar-refractivity contribution < 1.29 is 0 Å². The van der Waals surface area contributed by atoms with Gasteiger partial charge in [0, 0.05) is 28.2 Å². The van der Waals surface area contributed by atoms with E-state index in [-0.39, 0.29) is 0 Å². The molecule has 2 aromatic heterocycles. The van der Waals surface area contributed by atoms with Crippen LogP contribution in [0.3, 0.4) is 0 Å². The number of hydrogen-bond acceptors (Lipinski definition) is 2. The highest BCUT2D eigenvalue weighted by Gasteiger charge is 2.08. The first-order valence-electron chi connectivity index (χ1n) is 5.65. The smallest absolute Gasteiger partial charge is 0.0538 e. The van der Waals surface area contributed by atoms with Crippen molar-refractivity contribution in [3.63, 3.8) is 0 Å². The molecule has 0 unspecified atom stereocenters. The van der Waals surface area contributed by atoms with E-state index in [4.69, 9.17) is 0 Å². The lowest BCUT2D eigenvalue weighted by Gasteiger charge is -1.90. The van der Waals surface area contributed by atoms with Gasteiger partial charge in [-0.05, 0) is 18.6 Å². The molecule has 3 rings (SSSR count). The van der Waals surface area contributed by atoms with Crippen molar-refractivity contribution in [1.82, 2.24) is 4.98 Å². The van der Waals surface area contributed by atoms with Crippen LogP contribution >= 0.6 is 11.3 Å². The number of aromatic nitrogens is 1. The monoisotopic (exact) mass is 229 g/mol. The molecule has 2 heterocycles.